The first-order chi connectivity index (χ1) is 12.3. The van der Waals surface area contributed by atoms with Crippen LogP contribution in [0.4, 0.5) is 0 Å². The van der Waals surface area contributed by atoms with Crippen LogP contribution in [0.1, 0.15) is 24.2 Å². The average Bonchev–Trinajstić information content (AvgIpc) is 3.41. The van der Waals surface area contributed by atoms with Crippen molar-refractivity contribution in [2.45, 2.75) is 36.9 Å². The number of aromatic nitrogens is 2. The van der Waals surface area contributed by atoms with Crippen molar-refractivity contribution in [1.29, 1.82) is 0 Å². The molecule has 1 aliphatic carbocycles. The molecule has 0 unspecified atom stereocenters. The molecule has 0 radical (unpaired) electrons. The molecule has 1 saturated carbocycles. The minimum atomic E-state index is 0.662. The van der Waals surface area contributed by atoms with Gasteiger partial charge in [-0.2, -0.15) is 0 Å². The molecule has 1 fully saturated rings. The number of hydrogen-bond acceptors (Lipinski definition) is 5. The summed E-state index contributed by atoms with van der Waals surface area (Å²) < 4.78 is 5.59. The van der Waals surface area contributed by atoms with E-state index < -0.39 is 0 Å². The molecule has 2 aromatic heterocycles. The van der Waals surface area contributed by atoms with E-state index >= 15 is 0 Å². The molecule has 0 N–H and O–H groups in total. The molecule has 0 atom stereocenters. The third kappa shape index (κ3) is 4.11. The summed E-state index contributed by atoms with van der Waals surface area (Å²) in [6.45, 7) is 1.75. The molecular weight excluding hydrogens is 330 g/mol. The standard InChI is InChI=1S/C20H21N3OS/c1-25-19-6-2-15(3-7-19)13-23(17-4-5-17)14-18-12-20(22-24-18)16-8-10-21-11-9-16/h2-3,6-12,17H,4-5,13-14H2,1H3. The molecule has 0 spiro atoms. The van der Waals surface area contributed by atoms with Gasteiger partial charge in [-0.1, -0.05) is 17.3 Å². The smallest absolute Gasteiger partial charge is 0.151 e. The highest BCUT2D eigenvalue weighted by atomic mass is 32.2. The van der Waals surface area contributed by atoms with E-state index in [0.29, 0.717) is 6.04 Å². The molecule has 0 amide bonds. The zero-order valence-electron chi connectivity index (χ0n) is 14.3. The van der Waals surface area contributed by atoms with Crippen LogP contribution in [0.3, 0.4) is 0 Å². The minimum absolute atomic E-state index is 0.662. The molecular formula is C20H21N3OS. The lowest BCUT2D eigenvalue weighted by Gasteiger charge is -2.20. The highest BCUT2D eigenvalue weighted by Gasteiger charge is 2.29. The molecule has 5 heteroatoms. The van der Waals surface area contributed by atoms with Crippen molar-refractivity contribution in [2.24, 2.45) is 0 Å². The molecule has 3 aromatic rings. The Morgan fingerprint density at radius 1 is 1.08 bits per heavy atom. The van der Waals surface area contributed by atoms with Crippen LogP contribution in [0.2, 0.25) is 0 Å². The Bertz CT molecular complexity index is 812. The molecule has 1 aromatic carbocycles. The summed E-state index contributed by atoms with van der Waals surface area (Å²) in [4.78, 5) is 7.84. The average molecular weight is 351 g/mol. The molecule has 0 saturated heterocycles. The SMILES string of the molecule is CSc1ccc(CN(Cc2cc(-c3ccncc3)no2)C2CC2)cc1. The highest BCUT2D eigenvalue weighted by molar-refractivity contribution is 7.98. The fourth-order valence-electron chi connectivity index (χ4n) is 2.97. The lowest BCUT2D eigenvalue weighted by atomic mass is 10.2. The Morgan fingerprint density at radius 3 is 2.52 bits per heavy atom. The van der Waals surface area contributed by atoms with Gasteiger partial charge in [0.1, 0.15) is 5.69 Å². The van der Waals surface area contributed by atoms with Crippen molar-refractivity contribution < 1.29 is 4.52 Å². The van der Waals surface area contributed by atoms with Crippen molar-refractivity contribution in [3.05, 3.63) is 66.2 Å². The van der Waals surface area contributed by atoms with E-state index in [-0.39, 0.29) is 0 Å². The van der Waals surface area contributed by atoms with E-state index in [2.05, 4.69) is 45.6 Å². The van der Waals surface area contributed by atoms with E-state index in [1.165, 1.54) is 23.3 Å². The highest BCUT2D eigenvalue weighted by Crippen LogP contribution is 2.31. The van der Waals surface area contributed by atoms with E-state index in [9.17, 15) is 0 Å². The van der Waals surface area contributed by atoms with E-state index in [1.54, 1.807) is 24.2 Å². The first-order valence-corrected chi connectivity index (χ1v) is 9.77. The number of hydrogen-bond donors (Lipinski definition) is 0. The Balaban J connectivity index is 1.46. The van der Waals surface area contributed by atoms with Gasteiger partial charge in [0.25, 0.3) is 0 Å². The summed E-state index contributed by atoms with van der Waals surface area (Å²) in [6.07, 6.45) is 8.20. The predicted octanol–water partition coefficient (Wildman–Crippen LogP) is 4.62. The zero-order chi connectivity index (χ0) is 17.1. The van der Waals surface area contributed by atoms with Crippen LogP contribution in [0.25, 0.3) is 11.3 Å². The Morgan fingerprint density at radius 2 is 1.84 bits per heavy atom. The second-order valence-electron chi connectivity index (χ2n) is 6.40. The molecule has 0 aliphatic heterocycles. The molecule has 25 heavy (non-hydrogen) atoms. The maximum atomic E-state index is 5.59. The Hall–Kier alpha value is -2.11. The number of nitrogens with zero attached hydrogens (tertiary/aromatic N) is 3. The van der Waals surface area contributed by atoms with Gasteiger partial charge in [-0.05, 0) is 48.9 Å². The number of rotatable bonds is 7. The number of pyridine rings is 1. The van der Waals surface area contributed by atoms with Crippen LogP contribution < -0.4 is 0 Å². The van der Waals surface area contributed by atoms with Crippen molar-refractivity contribution in [1.82, 2.24) is 15.0 Å². The van der Waals surface area contributed by atoms with Gasteiger partial charge in [0.15, 0.2) is 5.76 Å². The Labute approximate surface area is 152 Å². The van der Waals surface area contributed by atoms with Crippen LogP contribution in [0, 0.1) is 0 Å². The van der Waals surface area contributed by atoms with Gasteiger partial charge in [-0.3, -0.25) is 9.88 Å². The maximum Gasteiger partial charge on any atom is 0.151 e. The monoisotopic (exact) mass is 351 g/mol. The number of benzene rings is 1. The Kier molecular flexibility index (Phi) is 4.85. The molecule has 2 heterocycles. The van der Waals surface area contributed by atoms with Gasteiger partial charge >= 0.3 is 0 Å². The molecule has 128 valence electrons. The molecule has 0 bridgehead atoms. The van der Waals surface area contributed by atoms with E-state index in [0.717, 1.165) is 30.1 Å². The molecule has 4 rings (SSSR count). The van der Waals surface area contributed by atoms with Gasteiger partial charge < -0.3 is 4.52 Å². The van der Waals surface area contributed by atoms with Crippen molar-refractivity contribution in [3.63, 3.8) is 0 Å². The van der Waals surface area contributed by atoms with Gasteiger partial charge in [-0.15, -0.1) is 11.8 Å². The first-order valence-electron chi connectivity index (χ1n) is 8.55. The summed E-state index contributed by atoms with van der Waals surface area (Å²) in [7, 11) is 0. The summed E-state index contributed by atoms with van der Waals surface area (Å²) in [6, 6.07) is 15.5. The fraction of sp³-hybridized carbons (Fsp3) is 0.300. The molecule has 4 nitrogen and oxygen atoms in total. The van der Waals surface area contributed by atoms with Crippen LogP contribution >= 0.6 is 11.8 Å². The molecule has 1 aliphatic rings. The fourth-order valence-corrected chi connectivity index (χ4v) is 3.37. The second-order valence-corrected chi connectivity index (χ2v) is 7.28. The predicted molar refractivity (Wildman–Crippen MR) is 100 cm³/mol. The zero-order valence-corrected chi connectivity index (χ0v) is 15.1. The van der Waals surface area contributed by atoms with Crippen molar-refractivity contribution in [2.75, 3.05) is 6.26 Å². The van der Waals surface area contributed by atoms with Crippen molar-refractivity contribution in [3.8, 4) is 11.3 Å². The number of thioether (sulfide) groups is 1. The quantitative estimate of drug-likeness (QED) is 0.581. The second kappa shape index (κ2) is 7.42. The van der Waals surface area contributed by atoms with Crippen LogP contribution in [-0.2, 0) is 13.1 Å². The van der Waals surface area contributed by atoms with Gasteiger partial charge in [-0.25, -0.2) is 0 Å². The third-order valence-corrected chi connectivity index (χ3v) is 5.25. The normalized spacial score (nSPS) is 14.2. The summed E-state index contributed by atoms with van der Waals surface area (Å²) >= 11 is 1.78. The summed E-state index contributed by atoms with van der Waals surface area (Å²) in [5.41, 5.74) is 3.26. The van der Waals surface area contributed by atoms with E-state index in [4.69, 9.17) is 4.52 Å². The van der Waals surface area contributed by atoms with Gasteiger partial charge in [0.2, 0.25) is 0 Å². The third-order valence-electron chi connectivity index (χ3n) is 4.50. The largest absolute Gasteiger partial charge is 0.359 e. The minimum Gasteiger partial charge on any atom is -0.359 e. The summed E-state index contributed by atoms with van der Waals surface area (Å²) in [5, 5.41) is 4.22. The van der Waals surface area contributed by atoms with Crippen molar-refractivity contribution >= 4 is 11.8 Å². The lowest BCUT2D eigenvalue weighted by Crippen LogP contribution is -2.24. The summed E-state index contributed by atoms with van der Waals surface area (Å²) in [5.74, 6) is 0.916. The lowest BCUT2D eigenvalue weighted by molar-refractivity contribution is 0.214. The van der Waals surface area contributed by atoms with Crippen LogP contribution in [0.5, 0.6) is 0 Å². The van der Waals surface area contributed by atoms with Gasteiger partial charge in [0.05, 0.1) is 6.54 Å². The van der Waals surface area contributed by atoms with Crippen LogP contribution in [-0.4, -0.2) is 27.3 Å². The van der Waals surface area contributed by atoms with Gasteiger partial charge in [0, 0.05) is 41.5 Å². The first kappa shape index (κ1) is 16.4. The van der Waals surface area contributed by atoms with E-state index in [1.807, 2.05) is 18.2 Å². The van der Waals surface area contributed by atoms with Crippen LogP contribution in [0.15, 0.2) is 64.3 Å². The maximum absolute atomic E-state index is 5.59. The topological polar surface area (TPSA) is 42.2 Å².